The van der Waals surface area contributed by atoms with E-state index >= 15 is 0 Å². The molecule has 0 atom stereocenters. The van der Waals surface area contributed by atoms with Gasteiger partial charge in [0.25, 0.3) is 0 Å². The fraction of sp³-hybridized carbons (Fsp3) is 0.0968. The van der Waals surface area contributed by atoms with Crippen molar-refractivity contribution in [2.75, 3.05) is 0 Å². The second-order valence-electron chi connectivity index (χ2n) is 18.2. The molecule has 8 aromatic carbocycles. The first kappa shape index (κ1) is 37.3. The molecule has 0 fully saturated rings. The third kappa shape index (κ3) is 5.56. The van der Waals surface area contributed by atoms with Crippen molar-refractivity contribution in [3.8, 4) is 61.6 Å². The number of rotatable bonds is 6. The Morgan fingerprint density at radius 3 is 1.60 bits per heavy atom. The van der Waals surface area contributed by atoms with E-state index < -0.39 is 5.41 Å². The second kappa shape index (κ2) is 14.3. The van der Waals surface area contributed by atoms with E-state index in [9.17, 15) is 0 Å². The van der Waals surface area contributed by atoms with Gasteiger partial charge in [-0.3, -0.25) is 0 Å². The topological polar surface area (TPSA) is 4.93 Å². The molecule has 0 saturated heterocycles. The molecule has 0 bridgehead atoms. The van der Waals surface area contributed by atoms with Crippen LogP contribution in [0, 0.1) is 12.3 Å². The average molecular weight is 806 g/mol. The van der Waals surface area contributed by atoms with E-state index in [4.69, 9.17) is 0 Å². The number of fused-ring (bicyclic) bond motifs is 10. The standard InChI is InChI=1S/C62H47N/c1-41-32-33-45(42-20-8-4-9-21-42)38-52(41)55-39-47(36-37-61(55,2)3)46-34-35-51-56(40-46)62(53-30-18-16-28-49(53)50-29-17-19-31-54(50)62)58-57(51)59(43-22-10-5-11-23-43)63(48-26-14-7-15-27-48)60(58)44-24-12-6-13-25-44/h4-36,38-40H,37H2,1-3H3. The molecule has 1 nitrogen and oxygen atoms in total. The lowest BCUT2D eigenvalue weighted by Crippen LogP contribution is -2.27. The zero-order chi connectivity index (χ0) is 42.3. The summed E-state index contributed by atoms with van der Waals surface area (Å²) in [5, 5.41) is 0. The molecule has 9 aromatic rings. The normalized spacial score (nSPS) is 15.0. The molecule has 1 aromatic heterocycles. The van der Waals surface area contributed by atoms with Crippen molar-refractivity contribution in [2.45, 2.75) is 32.6 Å². The van der Waals surface area contributed by atoms with Crippen molar-refractivity contribution in [3.05, 3.63) is 257 Å². The molecule has 12 rings (SSSR count). The van der Waals surface area contributed by atoms with Gasteiger partial charge in [0.1, 0.15) is 0 Å². The summed E-state index contributed by atoms with van der Waals surface area (Å²) in [4.78, 5) is 0. The Morgan fingerprint density at radius 2 is 0.968 bits per heavy atom. The lowest BCUT2D eigenvalue weighted by Gasteiger charge is -2.34. The van der Waals surface area contributed by atoms with E-state index in [-0.39, 0.29) is 5.41 Å². The third-order valence-corrected chi connectivity index (χ3v) is 14.1. The predicted molar refractivity (Wildman–Crippen MR) is 264 cm³/mol. The molecule has 0 aliphatic heterocycles. The van der Waals surface area contributed by atoms with E-state index in [0.717, 1.165) is 12.1 Å². The molecule has 0 N–H and O–H groups in total. The summed E-state index contributed by atoms with van der Waals surface area (Å²) in [7, 11) is 0. The molecular formula is C62H47N. The molecule has 0 radical (unpaired) electrons. The Morgan fingerprint density at radius 1 is 0.429 bits per heavy atom. The van der Waals surface area contributed by atoms with Crippen LogP contribution >= 0.6 is 0 Å². The Balaban J connectivity index is 1.17. The van der Waals surface area contributed by atoms with Crippen molar-refractivity contribution in [3.63, 3.8) is 0 Å². The number of para-hydroxylation sites is 1. The summed E-state index contributed by atoms with van der Waals surface area (Å²) < 4.78 is 2.56. The van der Waals surface area contributed by atoms with E-state index in [1.807, 2.05) is 0 Å². The highest BCUT2D eigenvalue weighted by atomic mass is 15.0. The minimum atomic E-state index is -0.579. The molecule has 0 saturated carbocycles. The average Bonchev–Trinajstić information content (AvgIpc) is 3.95. The summed E-state index contributed by atoms with van der Waals surface area (Å²) in [5.41, 5.74) is 25.0. The monoisotopic (exact) mass is 805 g/mol. The van der Waals surface area contributed by atoms with Crippen LogP contribution in [0.2, 0.25) is 0 Å². The SMILES string of the molecule is Cc1ccc(-c2ccccc2)cc1C1=CC(c2ccc3c(c2)C2(c4ccccc4-c4ccccc42)c2c-3c(-c3ccccc3)n(-c3ccccc3)c2-c2ccccc2)=CCC1(C)C. The molecule has 1 spiro atoms. The molecule has 3 aliphatic carbocycles. The van der Waals surface area contributed by atoms with Crippen molar-refractivity contribution in [1.82, 2.24) is 4.57 Å². The fourth-order valence-corrected chi connectivity index (χ4v) is 11.2. The first-order valence-electron chi connectivity index (χ1n) is 22.3. The summed E-state index contributed by atoms with van der Waals surface area (Å²) in [6, 6.07) is 76.7. The molecule has 0 amide bonds. The first-order chi connectivity index (χ1) is 30.9. The zero-order valence-electron chi connectivity index (χ0n) is 35.9. The van der Waals surface area contributed by atoms with E-state index in [2.05, 4.69) is 244 Å². The van der Waals surface area contributed by atoms with Crippen molar-refractivity contribution >= 4 is 11.1 Å². The van der Waals surface area contributed by atoms with Crippen LogP contribution in [0.15, 0.2) is 218 Å². The number of nitrogens with zero attached hydrogens (tertiary/aromatic N) is 1. The molecular weight excluding hydrogens is 759 g/mol. The molecule has 3 aliphatic rings. The van der Waals surface area contributed by atoms with Gasteiger partial charge in [0, 0.05) is 16.8 Å². The lowest BCUT2D eigenvalue weighted by molar-refractivity contribution is 0.506. The maximum atomic E-state index is 2.57. The lowest BCUT2D eigenvalue weighted by atomic mass is 9.69. The van der Waals surface area contributed by atoms with Gasteiger partial charge in [0.15, 0.2) is 0 Å². The molecule has 1 heteroatoms. The van der Waals surface area contributed by atoms with Gasteiger partial charge in [-0.15, -0.1) is 0 Å². The minimum Gasteiger partial charge on any atom is -0.308 e. The molecule has 0 unspecified atom stereocenters. The maximum absolute atomic E-state index is 2.57. The highest BCUT2D eigenvalue weighted by Gasteiger charge is 2.55. The van der Waals surface area contributed by atoms with Crippen LogP contribution in [-0.2, 0) is 5.41 Å². The van der Waals surface area contributed by atoms with Gasteiger partial charge in [0.2, 0.25) is 0 Å². The number of aromatic nitrogens is 1. The van der Waals surface area contributed by atoms with Gasteiger partial charge >= 0.3 is 0 Å². The summed E-state index contributed by atoms with van der Waals surface area (Å²) in [6.07, 6.45) is 5.94. The van der Waals surface area contributed by atoms with Crippen LogP contribution in [0.25, 0.3) is 72.7 Å². The number of aryl methyl sites for hydroxylation is 1. The number of benzene rings is 8. The number of allylic oxidation sites excluding steroid dienone is 4. The van der Waals surface area contributed by atoms with Gasteiger partial charge in [-0.1, -0.05) is 208 Å². The number of hydrogen-bond acceptors (Lipinski definition) is 0. The van der Waals surface area contributed by atoms with E-state index in [1.54, 1.807) is 0 Å². The van der Waals surface area contributed by atoms with Crippen LogP contribution in [0.1, 0.15) is 59.2 Å². The van der Waals surface area contributed by atoms with Crippen LogP contribution in [-0.4, -0.2) is 4.57 Å². The van der Waals surface area contributed by atoms with Crippen LogP contribution in [0.3, 0.4) is 0 Å². The molecule has 1 heterocycles. The largest absolute Gasteiger partial charge is 0.308 e. The van der Waals surface area contributed by atoms with Crippen molar-refractivity contribution in [1.29, 1.82) is 0 Å². The maximum Gasteiger partial charge on any atom is 0.0747 e. The summed E-state index contributed by atoms with van der Waals surface area (Å²) >= 11 is 0. The molecule has 63 heavy (non-hydrogen) atoms. The van der Waals surface area contributed by atoms with Gasteiger partial charge in [-0.25, -0.2) is 0 Å². The highest BCUT2D eigenvalue weighted by molar-refractivity contribution is 6.05. The first-order valence-corrected chi connectivity index (χ1v) is 22.3. The van der Waals surface area contributed by atoms with Gasteiger partial charge in [-0.05, 0) is 126 Å². The van der Waals surface area contributed by atoms with Gasteiger partial charge < -0.3 is 4.57 Å². The Labute approximate surface area is 371 Å². The minimum absolute atomic E-state index is 0.0342. The smallest absolute Gasteiger partial charge is 0.0747 e. The Bertz CT molecular complexity index is 3260. The summed E-state index contributed by atoms with van der Waals surface area (Å²) in [5.74, 6) is 0. The van der Waals surface area contributed by atoms with Gasteiger partial charge in [0.05, 0.1) is 16.8 Å². The quantitative estimate of drug-likeness (QED) is 0.158. The van der Waals surface area contributed by atoms with Crippen LogP contribution in [0.5, 0.6) is 0 Å². The summed E-state index contributed by atoms with van der Waals surface area (Å²) in [6.45, 7) is 7.07. The van der Waals surface area contributed by atoms with Crippen molar-refractivity contribution < 1.29 is 0 Å². The van der Waals surface area contributed by atoms with Crippen LogP contribution in [0.4, 0.5) is 0 Å². The third-order valence-electron chi connectivity index (χ3n) is 14.1. The second-order valence-corrected chi connectivity index (χ2v) is 18.2. The zero-order valence-corrected chi connectivity index (χ0v) is 35.9. The fourth-order valence-electron chi connectivity index (χ4n) is 11.2. The van der Waals surface area contributed by atoms with Gasteiger partial charge in [-0.2, -0.15) is 0 Å². The van der Waals surface area contributed by atoms with E-state index in [0.29, 0.717) is 0 Å². The Kier molecular flexibility index (Phi) is 8.46. The van der Waals surface area contributed by atoms with E-state index in [1.165, 1.54) is 106 Å². The molecule has 300 valence electrons. The van der Waals surface area contributed by atoms with Crippen molar-refractivity contribution in [2.24, 2.45) is 5.41 Å². The predicted octanol–water partition coefficient (Wildman–Crippen LogP) is 16.0. The number of hydrogen-bond donors (Lipinski definition) is 0. The van der Waals surface area contributed by atoms with Crippen LogP contribution < -0.4 is 0 Å². The Hall–Kier alpha value is -7.48. The highest BCUT2D eigenvalue weighted by Crippen LogP contribution is 2.67.